The van der Waals surface area contributed by atoms with Crippen LogP contribution in [0.25, 0.3) is 0 Å². The molecule has 0 fully saturated rings. The topological polar surface area (TPSA) is 151 Å². The first-order valence-electron chi connectivity index (χ1n) is 11.4. The fourth-order valence-corrected chi connectivity index (χ4v) is 3.25. The van der Waals surface area contributed by atoms with Crippen molar-refractivity contribution in [3.8, 4) is 5.75 Å². The highest BCUT2D eigenvalue weighted by molar-refractivity contribution is 5.92. The van der Waals surface area contributed by atoms with Gasteiger partial charge in [-0.05, 0) is 63.8 Å². The highest BCUT2D eigenvalue weighted by atomic mass is 16.6. The van der Waals surface area contributed by atoms with Crippen molar-refractivity contribution >= 4 is 23.8 Å². The number of nitrogens with zero attached hydrogens (tertiary/aromatic N) is 1. The van der Waals surface area contributed by atoms with Gasteiger partial charge in [0.2, 0.25) is 17.7 Å². The van der Waals surface area contributed by atoms with E-state index in [2.05, 4.69) is 10.6 Å². The molecule has 1 rings (SSSR count). The molecule has 0 radical (unpaired) electrons. The van der Waals surface area contributed by atoms with E-state index in [0.29, 0.717) is 17.7 Å². The monoisotopic (exact) mass is 478 g/mol. The molecular weight excluding hydrogens is 440 g/mol. The van der Waals surface area contributed by atoms with E-state index in [1.807, 2.05) is 6.92 Å². The normalized spacial score (nSPS) is 12.9. The maximum atomic E-state index is 13.4. The van der Waals surface area contributed by atoms with Crippen molar-refractivity contribution < 1.29 is 29.0 Å². The van der Waals surface area contributed by atoms with Crippen LogP contribution in [-0.2, 0) is 19.1 Å². The number of phenolic OH excluding ortho intramolecular Hbond substituents is 1. The number of carbonyl (C=O) groups is 4. The molecule has 2 unspecified atom stereocenters. The zero-order valence-corrected chi connectivity index (χ0v) is 20.9. The number of ether oxygens (including phenoxy) is 1. The van der Waals surface area contributed by atoms with Crippen LogP contribution < -0.4 is 16.4 Å². The molecule has 1 aromatic rings. The number of rotatable bonds is 11. The van der Waals surface area contributed by atoms with Gasteiger partial charge in [0.05, 0.1) is 0 Å². The van der Waals surface area contributed by atoms with Crippen molar-refractivity contribution in [3.05, 3.63) is 29.3 Å². The van der Waals surface area contributed by atoms with E-state index in [1.165, 1.54) is 18.0 Å². The molecule has 0 aromatic heterocycles. The third-order valence-corrected chi connectivity index (χ3v) is 5.02. The van der Waals surface area contributed by atoms with Crippen molar-refractivity contribution in [2.24, 2.45) is 5.73 Å². The van der Waals surface area contributed by atoms with Crippen LogP contribution >= 0.6 is 0 Å². The van der Waals surface area contributed by atoms with Gasteiger partial charge in [-0.3, -0.25) is 14.4 Å². The van der Waals surface area contributed by atoms with Gasteiger partial charge in [-0.1, -0.05) is 19.4 Å². The third kappa shape index (κ3) is 9.29. The summed E-state index contributed by atoms with van der Waals surface area (Å²) in [6.45, 7) is 9.17. The molecule has 0 saturated carbocycles. The van der Waals surface area contributed by atoms with Crippen LogP contribution in [0.5, 0.6) is 5.75 Å². The average Bonchev–Trinajstić information content (AvgIpc) is 2.72. The molecule has 4 amide bonds. The van der Waals surface area contributed by atoms with Gasteiger partial charge in [-0.25, -0.2) is 4.79 Å². The summed E-state index contributed by atoms with van der Waals surface area (Å²) in [7, 11) is 1.45. The molecule has 0 aliphatic rings. The molecule has 0 aliphatic heterocycles. The summed E-state index contributed by atoms with van der Waals surface area (Å²) < 4.78 is 5.25. The van der Waals surface area contributed by atoms with Gasteiger partial charge in [0.1, 0.15) is 23.4 Å². The largest absolute Gasteiger partial charge is 0.508 e. The number of hydrogen-bond acceptors (Lipinski definition) is 6. The number of carbonyl (C=O) groups excluding carboxylic acids is 4. The van der Waals surface area contributed by atoms with Gasteiger partial charge < -0.3 is 31.1 Å². The Hall–Kier alpha value is -3.30. The van der Waals surface area contributed by atoms with Gasteiger partial charge in [0.25, 0.3) is 0 Å². The average molecular weight is 479 g/mol. The highest BCUT2D eigenvalue weighted by Gasteiger charge is 2.34. The minimum atomic E-state index is -1.14. The van der Waals surface area contributed by atoms with Crippen LogP contribution in [0, 0.1) is 6.92 Å². The number of primary amides is 1. The van der Waals surface area contributed by atoms with E-state index in [0.717, 1.165) is 12.8 Å². The summed E-state index contributed by atoms with van der Waals surface area (Å²) in [4.78, 5) is 51.5. The molecule has 34 heavy (non-hydrogen) atoms. The molecule has 5 N–H and O–H groups in total. The predicted octanol–water partition coefficient (Wildman–Crippen LogP) is 2.28. The first-order valence-corrected chi connectivity index (χ1v) is 11.4. The molecule has 0 saturated heterocycles. The van der Waals surface area contributed by atoms with E-state index in [-0.39, 0.29) is 18.6 Å². The third-order valence-electron chi connectivity index (χ3n) is 5.02. The van der Waals surface area contributed by atoms with Gasteiger partial charge in [-0.15, -0.1) is 0 Å². The number of nitrogens with one attached hydrogen (secondary N) is 2. The minimum absolute atomic E-state index is 0.0590. The summed E-state index contributed by atoms with van der Waals surface area (Å²) in [6, 6.07) is 2.48. The Balaban J connectivity index is 3.26. The fourth-order valence-electron chi connectivity index (χ4n) is 3.25. The molecular formula is C24H38N4O6. The molecule has 0 spiro atoms. The Morgan fingerprint density at radius 3 is 2.38 bits per heavy atom. The summed E-state index contributed by atoms with van der Waals surface area (Å²) >= 11 is 0. The first kappa shape index (κ1) is 28.7. The smallest absolute Gasteiger partial charge is 0.408 e. The Kier molecular flexibility index (Phi) is 10.8. The Bertz CT molecular complexity index is 881. The molecule has 190 valence electrons. The molecule has 0 heterocycles. The number of likely N-dealkylation sites (N-methyl/N-ethyl adjacent to an activating group) is 1. The van der Waals surface area contributed by atoms with Gasteiger partial charge in [-0.2, -0.15) is 0 Å². The lowest BCUT2D eigenvalue weighted by atomic mass is 10.00. The molecule has 0 bridgehead atoms. The zero-order valence-electron chi connectivity index (χ0n) is 20.9. The van der Waals surface area contributed by atoms with E-state index in [4.69, 9.17) is 10.5 Å². The second-order valence-corrected chi connectivity index (χ2v) is 9.25. The number of aromatic hydroxyl groups is 1. The van der Waals surface area contributed by atoms with Crippen LogP contribution in [0.1, 0.15) is 70.5 Å². The van der Waals surface area contributed by atoms with Crippen molar-refractivity contribution in [1.29, 1.82) is 0 Å². The lowest BCUT2D eigenvalue weighted by Crippen LogP contribution is -2.52. The van der Waals surface area contributed by atoms with E-state index < -0.39 is 41.5 Å². The Labute approximate surface area is 201 Å². The number of phenols is 1. The van der Waals surface area contributed by atoms with Crippen LogP contribution in [0.3, 0.4) is 0 Å². The van der Waals surface area contributed by atoms with E-state index in [9.17, 15) is 24.3 Å². The number of alkyl carbamates (subject to hydrolysis) is 1. The zero-order chi connectivity index (χ0) is 26.1. The number of aryl methyl sites for hydroxylation is 1. The van der Waals surface area contributed by atoms with Crippen molar-refractivity contribution in [2.75, 3.05) is 13.6 Å². The van der Waals surface area contributed by atoms with Gasteiger partial charge >= 0.3 is 6.09 Å². The number of hydrogen-bond donors (Lipinski definition) is 4. The summed E-state index contributed by atoms with van der Waals surface area (Å²) in [5.74, 6) is -1.56. The maximum absolute atomic E-state index is 13.4. The van der Waals surface area contributed by atoms with Crippen molar-refractivity contribution in [3.63, 3.8) is 0 Å². The molecule has 2 atom stereocenters. The van der Waals surface area contributed by atoms with Crippen LogP contribution in [0.15, 0.2) is 18.2 Å². The van der Waals surface area contributed by atoms with E-state index in [1.54, 1.807) is 39.8 Å². The molecule has 10 heteroatoms. The van der Waals surface area contributed by atoms with Gasteiger partial charge in [0.15, 0.2) is 0 Å². The summed E-state index contributed by atoms with van der Waals surface area (Å²) in [5.41, 5.74) is 5.49. The lowest BCUT2D eigenvalue weighted by Gasteiger charge is -2.31. The Morgan fingerprint density at radius 1 is 1.21 bits per heavy atom. The fraction of sp³-hybridized carbons (Fsp3) is 0.583. The number of benzene rings is 1. The number of nitrogens with two attached hydrogens (primary N) is 1. The minimum Gasteiger partial charge on any atom is -0.508 e. The molecule has 1 aromatic carbocycles. The van der Waals surface area contributed by atoms with Crippen molar-refractivity contribution in [1.82, 2.24) is 15.5 Å². The maximum Gasteiger partial charge on any atom is 0.408 e. The van der Waals surface area contributed by atoms with Crippen molar-refractivity contribution in [2.45, 2.75) is 78.0 Å². The first-order chi connectivity index (χ1) is 15.8. The van der Waals surface area contributed by atoms with Crippen LogP contribution in [0.2, 0.25) is 0 Å². The second-order valence-electron chi connectivity index (χ2n) is 9.25. The molecule has 10 nitrogen and oxygen atoms in total. The summed E-state index contributed by atoms with van der Waals surface area (Å²) in [5, 5.41) is 15.2. The Morgan fingerprint density at radius 2 is 1.85 bits per heavy atom. The lowest BCUT2D eigenvalue weighted by molar-refractivity contribution is -0.141. The predicted molar refractivity (Wildman–Crippen MR) is 128 cm³/mol. The quantitative estimate of drug-likeness (QED) is 0.358. The van der Waals surface area contributed by atoms with Crippen LogP contribution in [-0.4, -0.2) is 59.1 Å². The SMILES string of the molecule is CCCCNC(=O)C(c1ccc(O)c(C)c1)N(C)C(=O)C(CCC(N)=O)NC(=O)OC(C)(C)C. The number of amides is 4. The standard InChI is InChI=1S/C24H38N4O6/c1-7-8-13-26-21(31)20(16-9-11-18(29)15(2)14-16)28(6)22(32)17(10-12-19(25)30)27-23(33)34-24(3,4)5/h9,11,14,17,20,29H,7-8,10,12-13H2,1-6H3,(H2,25,30)(H,26,31)(H,27,33). The van der Waals surface area contributed by atoms with E-state index >= 15 is 0 Å². The molecule has 0 aliphatic carbocycles. The number of unbranched alkanes of at least 4 members (excludes halogenated alkanes) is 1. The second kappa shape index (κ2) is 12.8. The van der Waals surface area contributed by atoms with Gasteiger partial charge in [0, 0.05) is 20.0 Å². The highest BCUT2D eigenvalue weighted by Crippen LogP contribution is 2.26. The summed E-state index contributed by atoms with van der Waals surface area (Å²) in [6.07, 6.45) is 0.620. The van der Waals surface area contributed by atoms with Crippen LogP contribution in [0.4, 0.5) is 4.79 Å².